The summed E-state index contributed by atoms with van der Waals surface area (Å²) in [4.78, 5) is 23.8. The van der Waals surface area contributed by atoms with Crippen LogP contribution in [-0.2, 0) is 4.79 Å². The number of non-ortho nitro benzene ring substituents is 1. The van der Waals surface area contributed by atoms with Crippen LogP contribution < -0.4 is 5.01 Å². The molecule has 8 heteroatoms. The molecule has 2 aromatic carbocycles. The lowest BCUT2D eigenvalue weighted by Crippen LogP contribution is -2.21. The number of amides is 1. The smallest absolute Gasteiger partial charge is 0.267 e. The number of aryl methyl sites for hydroxylation is 2. The van der Waals surface area contributed by atoms with Gasteiger partial charge in [-0.1, -0.05) is 18.2 Å². The first-order valence-electron chi connectivity index (χ1n) is 9.75. The molecule has 1 aliphatic rings. The second-order valence-electron chi connectivity index (χ2n) is 7.47. The standard InChI is InChI=1S/C23H21N5O3/c1-14-7-5-8-18(11-14)27-23(29)22(16(3)25-27)13-21-15(2)24-26(17(21)4)19-9-6-10-20(12-19)28(30)31/h5-13H,1-4H3/b22-13-. The summed E-state index contributed by atoms with van der Waals surface area (Å²) in [6.45, 7) is 7.48. The number of hydrogen-bond donors (Lipinski definition) is 0. The number of aromatic nitrogens is 2. The molecule has 0 aliphatic carbocycles. The average molecular weight is 415 g/mol. The molecule has 0 radical (unpaired) electrons. The molecule has 156 valence electrons. The zero-order valence-corrected chi connectivity index (χ0v) is 17.7. The fraction of sp³-hybridized carbons (Fsp3) is 0.174. The van der Waals surface area contributed by atoms with Crippen molar-refractivity contribution < 1.29 is 9.72 Å². The normalized spacial score (nSPS) is 15.0. The van der Waals surface area contributed by atoms with Crippen LogP contribution in [0.25, 0.3) is 11.8 Å². The fourth-order valence-corrected chi connectivity index (χ4v) is 3.62. The topological polar surface area (TPSA) is 93.6 Å². The van der Waals surface area contributed by atoms with Gasteiger partial charge in [0.05, 0.1) is 33.3 Å². The highest BCUT2D eigenvalue weighted by molar-refractivity contribution is 6.32. The Kier molecular flexibility index (Phi) is 4.98. The van der Waals surface area contributed by atoms with E-state index in [1.54, 1.807) is 29.8 Å². The van der Waals surface area contributed by atoms with Gasteiger partial charge in [-0.3, -0.25) is 14.9 Å². The summed E-state index contributed by atoms with van der Waals surface area (Å²) in [5.41, 5.74) is 5.73. The van der Waals surface area contributed by atoms with E-state index < -0.39 is 4.92 Å². The summed E-state index contributed by atoms with van der Waals surface area (Å²) in [6.07, 6.45) is 1.79. The molecule has 8 nitrogen and oxygen atoms in total. The van der Waals surface area contributed by atoms with Crippen LogP contribution in [0.1, 0.15) is 29.4 Å². The highest BCUT2D eigenvalue weighted by Gasteiger charge is 2.29. The zero-order valence-electron chi connectivity index (χ0n) is 17.7. The number of anilines is 1. The van der Waals surface area contributed by atoms with Crippen molar-refractivity contribution in [2.75, 3.05) is 5.01 Å². The highest BCUT2D eigenvalue weighted by atomic mass is 16.6. The van der Waals surface area contributed by atoms with Crippen LogP contribution in [0.5, 0.6) is 0 Å². The lowest BCUT2D eigenvalue weighted by Gasteiger charge is -2.12. The van der Waals surface area contributed by atoms with E-state index in [4.69, 9.17) is 0 Å². The van der Waals surface area contributed by atoms with Crippen molar-refractivity contribution in [2.45, 2.75) is 27.7 Å². The highest BCUT2D eigenvalue weighted by Crippen LogP contribution is 2.28. The van der Waals surface area contributed by atoms with Gasteiger partial charge in [-0.2, -0.15) is 15.2 Å². The third-order valence-corrected chi connectivity index (χ3v) is 5.23. The maximum absolute atomic E-state index is 13.1. The SMILES string of the molecule is CC1=NN(c2cccc(C)c2)C(=O)/C1=C\c1c(C)nn(-c2cccc([N+](=O)[O-])c2)c1C. The average Bonchev–Trinajstić information content (AvgIpc) is 3.18. The Hall–Kier alpha value is -4.07. The van der Waals surface area contributed by atoms with Gasteiger partial charge in [-0.15, -0.1) is 0 Å². The Bertz CT molecular complexity index is 1290. The minimum Gasteiger partial charge on any atom is -0.267 e. The first kappa shape index (κ1) is 20.2. The van der Waals surface area contributed by atoms with Gasteiger partial charge < -0.3 is 0 Å². The Balaban J connectivity index is 1.73. The molecule has 0 fully saturated rings. The molecule has 0 unspecified atom stereocenters. The van der Waals surface area contributed by atoms with E-state index in [0.29, 0.717) is 28.4 Å². The van der Waals surface area contributed by atoms with Crippen molar-refractivity contribution in [3.63, 3.8) is 0 Å². The monoisotopic (exact) mass is 415 g/mol. The van der Waals surface area contributed by atoms with Crippen LogP contribution >= 0.6 is 0 Å². The van der Waals surface area contributed by atoms with E-state index in [2.05, 4.69) is 10.2 Å². The van der Waals surface area contributed by atoms with Crippen molar-refractivity contribution in [2.24, 2.45) is 5.10 Å². The molecule has 0 saturated carbocycles. The van der Waals surface area contributed by atoms with Gasteiger partial charge in [0.25, 0.3) is 11.6 Å². The molecule has 31 heavy (non-hydrogen) atoms. The van der Waals surface area contributed by atoms with Gasteiger partial charge in [0.1, 0.15) is 0 Å². The summed E-state index contributed by atoms with van der Waals surface area (Å²) in [6, 6.07) is 13.9. The summed E-state index contributed by atoms with van der Waals surface area (Å²) < 4.78 is 1.65. The van der Waals surface area contributed by atoms with Crippen LogP contribution in [-0.4, -0.2) is 26.3 Å². The second kappa shape index (κ2) is 7.64. The molecule has 3 aromatic rings. The minimum atomic E-state index is -0.436. The summed E-state index contributed by atoms with van der Waals surface area (Å²) in [7, 11) is 0. The van der Waals surface area contributed by atoms with Gasteiger partial charge in [-0.25, -0.2) is 4.68 Å². The minimum absolute atomic E-state index is 0.00676. The number of carbonyl (C=O) groups is 1. The zero-order chi connectivity index (χ0) is 22.3. The number of nitro groups is 1. The molecule has 0 bridgehead atoms. The third kappa shape index (κ3) is 3.63. The Morgan fingerprint density at radius 3 is 2.42 bits per heavy atom. The Morgan fingerprint density at radius 2 is 1.71 bits per heavy atom. The molecule has 0 spiro atoms. The quantitative estimate of drug-likeness (QED) is 0.356. The predicted octanol–water partition coefficient (Wildman–Crippen LogP) is 4.51. The molecular weight excluding hydrogens is 394 g/mol. The molecule has 1 amide bonds. The number of rotatable bonds is 4. The summed E-state index contributed by atoms with van der Waals surface area (Å²) >= 11 is 0. The van der Waals surface area contributed by atoms with E-state index in [1.807, 2.05) is 45.0 Å². The second-order valence-corrected chi connectivity index (χ2v) is 7.47. The van der Waals surface area contributed by atoms with Crippen LogP contribution in [0, 0.1) is 30.9 Å². The van der Waals surface area contributed by atoms with Gasteiger partial charge in [-0.05, 0) is 57.5 Å². The van der Waals surface area contributed by atoms with Crippen LogP contribution in [0.4, 0.5) is 11.4 Å². The molecule has 4 rings (SSSR count). The number of hydrazone groups is 1. The molecule has 0 saturated heterocycles. The van der Waals surface area contributed by atoms with E-state index in [-0.39, 0.29) is 11.6 Å². The van der Waals surface area contributed by atoms with Crippen molar-refractivity contribution >= 4 is 29.1 Å². The molecule has 1 aliphatic heterocycles. The number of nitro benzene ring substituents is 1. The number of hydrogen-bond acceptors (Lipinski definition) is 5. The lowest BCUT2D eigenvalue weighted by molar-refractivity contribution is -0.384. The lowest BCUT2D eigenvalue weighted by atomic mass is 10.1. The first-order chi connectivity index (χ1) is 14.8. The van der Waals surface area contributed by atoms with Crippen LogP contribution in [0.2, 0.25) is 0 Å². The first-order valence-corrected chi connectivity index (χ1v) is 9.75. The number of nitrogens with zero attached hydrogens (tertiary/aromatic N) is 5. The number of benzene rings is 2. The predicted molar refractivity (Wildman–Crippen MR) is 119 cm³/mol. The molecular formula is C23H21N5O3. The maximum atomic E-state index is 13.1. The van der Waals surface area contributed by atoms with Crippen LogP contribution in [0.3, 0.4) is 0 Å². The van der Waals surface area contributed by atoms with Gasteiger partial charge in [0.2, 0.25) is 0 Å². The van der Waals surface area contributed by atoms with Crippen molar-refractivity contribution in [3.05, 3.63) is 86.7 Å². The van der Waals surface area contributed by atoms with E-state index >= 15 is 0 Å². The van der Waals surface area contributed by atoms with Crippen molar-refractivity contribution in [1.29, 1.82) is 0 Å². The van der Waals surface area contributed by atoms with Crippen molar-refractivity contribution in [3.8, 4) is 5.69 Å². The molecule has 1 aromatic heterocycles. The molecule has 2 heterocycles. The van der Waals surface area contributed by atoms with E-state index in [0.717, 1.165) is 16.8 Å². The Labute approximate surface area is 179 Å². The maximum Gasteiger partial charge on any atom is 0.280 e. The van der Waals surface area contributed by atoms with Gasteiger partial charge in [0, 0.05) is 23.4 Å². The molecule has 0 atom stereocenters. The summed E-state index contributed by atoms with van der Waals surface area (Å²) in [5.74, 6) is -0.204. The van der Waals surface area contributed by atoms with E-state index in [1.165, 1.54) is 17.1 Å². The van der Waals surface area contributed by atoms with Crippen LogP contribution in [0.15, 0.2) is 59.2 Å². The fourth-order valence-electron chi connectivity index (χ4n) is 3.62. The largest absolute Gasteiger partial charge is 0.280 e. The third-order valence-electron chi connectivity index (χ3n) is 5.23. The van der Waals surface area contributed by atoms with Crippen molar-refractivity contribution in [1.82, 2.24) is 9.78 Å². The van der Waals surface area contributed by atoms with Gasteiger partial charge >= 0.3 is 0 Å². The number of carbonyl (C=O) groups excluding carboxylic acids is 1. The Morgan fingerprint density at radius 1 is 1.00 bits per heavy atom. The summed E-state index contributed by atoms with van der Waals surface area (Å²) in [5, 5.41) is 21.5. The van der Waals surface area contributed by atoms with Gasteiger partial charge in [0.15, 0.2) is 0 Å². The van der Waals surface area contributed by atoms with E-state index in [9.17, 15) is 14.9 Å². The molecule has 0 N–H and O–H groups in total.